The molecule has 4 aromatic rings. The van der Waals surface area contributed by atoms with Gasteiger partial charge in [0, 0.05) is 36.4 Å². The van der Waals surface area contributed by atoms with Crippen LogP contribution >= 0.6 is 0 Å². The summed E-state index contributed by atoms with van der Waals surface area (Å²) >= 11 is 0. The normalized spacial score (nSPS) is 15.5. The van der Waals surface area contributed by atoms with Crippen molar-refractivity contribution in [1.29, 1.82) is 0 Å². The topological polar surface area (TPSA) is 101 Å². The highest BCUT2D eigenvalue weighted by molar-refractivity contribution is 5.80. The Balaban J connectivity index is 1.37. The second-order valence-corrected chi connectivity index (χ2v) is 9.66. The van der Waals surface area contributed by atoms with Gasteiger partial charge in [0.1, 0.15) is 17.5 Å². The van der Waals surface area contributed by atoms with Crippen molar-refractivity contribution in [3.8, 4) is 11.7 Å². The molecule has 0 atom stereocenters. The van der Waals surface area contributed by atoms with E-state index >= 15 is 0 Å². The first-order valence-corrected chi connectivity index (χ1v) is 11.9. The number of aryl methyl sites for hydroxylation is 1. The lowest BCUT2D eigenvalue weighted by atomic mass is 10.1. The number of likely N-dealkylation sites (tertiary alicyclic amines) is 1. The molecule has 9 nitrogen and oxygen atoms in total. The van der Waals surface area contributed by atoms with Crippen LogP contribution < -0.4 is 10.1 Å². The Labute approximate surface area is 204 Å². The minimum Gasteiger partial charge on any atom is -0.474 e. The van der Waals surface area contributed by atoms with Crippen LogP contribution in [0.15, 0.2) is 48.8 Å². The maximum Gasteiger partial charge on any atom is 0.229 e. The fourth-order valence-corrected chi connectivity index (χ4v) is 4.28. The van der Waals surface area contributed by atoms with E-state index in [9.17, 15) is 5.11 Å². The van der Waals surface area contributed by atoms with Crippen molar-refractivity contribution >= 4 is 22.7 Å². The predicted octanol–water partition coefficient (Wildman–Crippen LogP) is 3.96. The summed E-state index contributed by atoms with van der Waals surface area (Å²) in [5.41, 5.74) is 2.04. The van der Waals surface area contributed by atoms with Crippen molar-refractivity contribution in [2.24, 2.45) is 0 Å². The number of ether oxygens (including phenoxy) is 1. The maximum absolute atomic E-state index is 10.4. The Hall–Kier alpha value is -3.56. The Bertz CT molecular complexity index is 1320. The van der Waals surface area contributed by atoms with Crippen LogP contribution in [0.2, 0.25) is 0 Å². The first-order chi connectivity index (χ1) is 16.8. The van der Waals surface area contributed by atoms with Crippen molar-refractivity contribution in [3.63, 3.8) is 0 Å². The Morgan fingerprint density at radius 3 is 2.57 bits per heavy atom. The fourth-order valence-electron chi connectivity index (χ4n) is 4.28. The lowest BCUT2D eigenvalue weighted by Crippen LogP contribution is -2.35. The Kier molecular flexibility index (Phi) is 6.12. The zero-order valence-electron chi connectivity index (χ0n) is 20.6. The van der Waals surface area contributed by atoms with Crippen molar-refractivity contribution in [3.05, 3.63) is 60.2 Å². The molecule has 0 amide bonds. The number of fused-ring (bicyclic) bond motifs is 1. The van der Waals surface area contributed by atoms with E-state index in [2.05, 4.69) is 32.2 Å². The maximum atomic E-state index is 10.4. The molecule has 5 rings (SSSR count). The number of rotatable bonds is 6. The second kappa shape index (κ2) is 9.24. The number of aliphatic hydroxyl groups is 1. The highest BCUT2D eigenvalue weighted by atomic mass is 16.5. The molecule has 35 heavy (non-hydrogen) atoms. The number of nitrogens with zero attached hydrogens (tertiary/aromatic N) is 6. The highest BCUT2D eigenvalue weighted by Gasteiger charge is 2.20. The molecule has 182 valence electrons. The van der Waals surface area contributed by atoms with Crippen LogP contribution in [-0.4, -0.2) is 60.8 Å². The zero-order chi connectivity index (χ0) is 24.6. The number of piperidine rings is 1. The fraction of sp³-hybridized carbons (Fsp3) is 0.385. The predicted molar refractivity (Wildman–Crippen MR) is 135 cm³/mol. The summed E-state index contributed by atoms with van der Waals surface area (Å²) in [5.74, 6) is 1.78. The number of pyridine rings is 2. The van der Waals surface area contributed by atoms with Gasteiger partial charge < -0.3 is 20.1 Å². The molecule has 0 bridgehead atoms. The van der Waals surface area contributed by atoms with Gasteiger partial charge in [-0.1, -0.05) is 6.07 Å². The van der Waals surface area contributed by atoms with Crippen molar-refractivity contribution in [2.45, 2.75) is 45.3 Å². The lowest BCUT2D eigenvalue weighted by Gasteiger charge is -2.28. The summed E-state index contributed by atoms with van der Waals surface area (Å²) in [5, 5.41) is 14.5. The first-order valence-electron chi connectivity index (χ1n) is 11.9. The molecular formula is C26H31N7O2. The minimum absolute atomic E-state index is 0.211. The summed E-state index contributed by atoms with van der Waals surface area (Å²) in [7, 11) is 2.13. The van der Waals surface area contributed by atoms with Crippen molar-refractivity contribution in [2.75, 3.05) is 25.5 Å². The summed E-state index contributed by atoms with van der Waals surface area (Å²) in [6.07, 6.45) is 5.76. The van der Waals surface area contributed by atoms with E-state index in [-0.39, 0.29) is 6.10 Å². The van der Waals surface area contributed by atoms with Crippen molar-refractivity contribution < 1.29 is 9.84 Å². The SMILES string of the molecule is Cc1cc2cnc(Nc3ccc(OC4CCN(C)CC4)nc3)nc2n1-c1cccc(C(C)(C)O)n1. The van der Waals surface area contributed by atoms with Crippen LogP contribution in [-0.2, 0) is 5.60 Å². The molecule has 1 aliphatic rings. The summed E-state index contributed by atoms with van der Waals surface area (Å²) in [4.78, 5) is 20.7. The van der Waals surface area contributed by atoms with Crippen LogP contribution in [0.1, 0.15) is 38.1 Å². The van der Waals surface area contributed by atoms with Gasteiger partial charge in [0.05, 0.1) is 17.6 Å². The monoisotopic (exact) mass is 473 g/mol. The molecule has 0 aliphatic carbocycles. The van der Waals surface area contributed by atoms with Crippen LogP contribution in [0, 0.1) is 6.92 Å². The largest absolute Gasteiger partial charge is 0.474 e. The number of hydrogen-bond acceptors (Lipinski definition) is 8. The van der Waals surface area contributed by atoms with Gasteiger partial charge in [-0.2, -0.15) is 4.98 Å². The van der Waals surface area contributed by atoms with E-state index in [1.54, 1.807) is 26.2 Å². The molecule has 0 saturated carbocycles. The van der Waals surface area contributed by atoms with Gasteiger partial charge in [-0.25, -0.2) is 15.0 Å². The van der Waals surface area contributed by atoms with Crippen LogP contribution in [0.5, 0.6) is 5.88 Å². The van der Waals surface area contributed by atoms with Crippen molar-refractivity contribution in [1.82, 2.24) is 29.4 Å². The van der Waals surface area contributed by atoms with E-state index in [0.29, 0.717) is 23.3 Å². The quantitative estimate of drug-likeness (QED) is 0.434. The molecule has 2 N–H and O–H groups in total. The molecule has 0 radical (unpaired) electrons. The van der Waals surface area contributed by atoms with Crippen LogP contribution in [0.3, 0.4) is 0 Å². The molecule has 0 aromatic carbocycles. The van der Waals surface area contributed by atoms with E-state index < -0.39 is 5.60 Å². The summed E-state index contributed by atoms with van der Waals surface area (Å²) < 4.78 is 8.01. The molecule has 1 saturated heterocycles. The summed E-state index contributed by atoms with van der Waals surface area (Å²) in [6, 6.07) is 11.4. The van der Waals surface area contributed by atoms with Gasteiger partial charge in [0.15, 0.2) is 5.65 Å². The molecule has 9 heteroatoms. The van der Waals surface area contributed by atoms with Gasteiger partial charge in [-0.05, 0) is 64.9 Å². The van der Waals surface area contributed by atoms with Crippen LogP contribution in [0.25, 0.3) is 16.9 Å². The number of hydrogen-bond donors (Lipinski definition) is 2. The van der Waals surface area contributed by atoms with E-state index in [4.69, 9.17) is 9.72 Å². The second-order valence-electron chi connectivity index (χ2n) is 9.66. The molecule has 0 unspecified atom stereocenters. The van der Waals surface area contributed by atoms with Gasteiger partial charge in [0.2, 0.25) is 11.8 Å². The smallest absolute Gasteiger partial charge is 0.229 e. The molecular weight excluding hydrogens is 442 g/mol. The van der Waals surface area contributed by atoms with Gasteiger partial charge in [0.25, 0.3) is 0 Å². The molecule has 5 heterocycles. The number of anilines is 2. The van der Waals surface area contributed by atoms with Crippen LogP contribution in [0.4, 0.5) is 11.6 Å². The molecule has 1 aliphatic heterocycles. The molecule has 0 spiro atoms. The van der Waals surface area contributed by atoms with Gasteiger partial charge in [-0.15, -0.1) is 0 Å². The first kappa shape index (κ1) is 23.2. The van der Waals surface area contributed by atoms with Gasteiger partial charge >= 0.3 is 0 Å². The number of nitrogens with one attached hydrogen (secondary N) is 1. The zero-order valence-corrected chi connectivity index (χ0v) is 20.6. The average Bonchev–Trinajstić information content (AvgIpc) is 3.16. The lowest BCUT2D eigenvalue weighted by molar-refractivity contribution is 0.0738. The van der Waals surface area contributed by atoms with E-state index in [0.717, 1.165) is 48.3 Å². The highest BCUT2D eigenvalue weighted by Crippen LogP contribution is 2.26. The summed E-state index contributed by atoms with van der Waals surface area (Å²) in [6.45, 7) is 7.54. The third-order valence-corrected chi connectivity index (χ3v) is 6.26. The van der Waals surface area contributed by atoms with E-state index in [1.165, 1.54) is 0 Å². The Morgan fingerprint density at radius 1 is 1.06 bits per heavy atom. The average molecular weight is 474 g/mol. The van der Waals surface area contributed by atoms with Gasteiger partial charge in [-0.3, -0.25) is 4.57 Å². The number of aromatic nitrogens is 5. The standard InChI is InChI=1S/C26H31N7O2/c1-17-14-18-15-28-25(31-24(18)33(17)22-7-5-6-21(30-22)26(2,3)34)29-19-8-9-23(27-16-19)35-20-10-12-32(4)13-11-20/h5-9,14-16,20,34H,10-13H2,1-4H3,(H,28,29,31). The van der Waals surface area contributed by atoms with E-state index in [1.807, 2.05) is 47.9 Å². The molecule has 4 aromatic heterocycles. The third-order valence-electron chi connectivity index (χ3n) is 6.26. The minimum atomic E-state index is -1.04. The third kappa shape index (κ3) is 5.11. The molecule has 1 fully saturated rings. The Morgan fingerprint density at radius 2 is 1.86 bits per heavy atom.